The highest BCUT2D eigenvalue weighted by atomic mass is 79.9. The Hall–Kier alpha value is -3.44. The van der Waals surface area contributed by atoms with Gasteiger partial charge in [-0.25, -0.2) is 4.79 Å². The van der Waals surface area contributed by atoms with Crippen molar-refractivity contribution < 1.29 is 19.0 Å². The summed E-state index contributed by atoms with van der Waals surface area (Å²) in [7, 11) is 3.08. The number of hydrogen-bond donors (Lipinski definition) is 2. The molecule has 1 atom stereocenters. The molecule has 34 heavy (non-hydrogen) atoms. The van der Waals surface area contributed by atoms with Gasteiger partial charge < -0.3 is 19.5 Å². The Morgan fingerprint density at radius 2 is 1.85 bits per heavy atom. The maximum Gasteiger partial charge on any atom is 0.349 e. The third-order valence-corrected chi connectivity index (χ3v) is 5.49. The van der Waals surface area contributed by atoms with Crippen LogP contribution < -0.4 is 26.0 Å². The van der Waals surface area contributed by atoms with Crippen LogP contribution in [0.2, 0.25) is 0 Å². The number of aromatic nitrogens is 3. The highest BCUT2D eigenvalue weighted by molar-refractivity contribution is 9.10. The van der Waals surface area contributed by atoms with Gasteiger partial charge in [-0.15, -0.1) is 0 Å². The number of aromatic amines is 1. The number of rotatable bonds is 8. The Labute approximate surface area is 204 Å². The zero-order chi connectivity index (χ0) is 25.0. The predicted molar refractivity (Wildman–Crippen MR) is 130 cm³/mol. The van der Waals surface area contributed by atoms with E-state index in [0.29, 0.717) is 22.9 Å². The molecule has 2 N–H and O–H groups in total. The highest BCUT2D eigenvalue weighted by Gasteiger charge is 2.19. The minimum atomic E-state index is -0.873. The monoisotopic (exact) mass is 532 g/mol. The molecule has 10 nitrogen and oxygen atoms in total. The van der Waals surface area contributed by atoms with Crippen molar-refractivity contribution in [2.75, 3.05) is 20.8 Å². The van der Waals surface area contributed by atoms with Crippen LogP contribution >= 0.6 is 15.9 Å². The van der Waals surface area contributed by atoms with Gasteiger partial charge in [-0.05, 0) is 78.2 Å². The van der Waals surface area contributed by atoms with Crippen molar-refractivity contribution in [2.45, 2.75) is 26.8 Å². The number of carbonyl (C=O) groups is 1. The number of nitrogens with zero attached hydrogens (tertiary/aromatic N) is 2. The van der Waals surface area contributed by atoms with Gasteiger partial charge in [0.05, 0.1) is 23.9 Å². The molecule has 180 valence electrons. The molecule has 1 unspecified atom stereocenters. The van der Waals surface area contributed by atoms with Gasteiger partial charge in [0.25, 0.3) is 11.5 Å². The number of amides is 1. The topological polar surface area (TPSA) is 125 Å². The van der Waals surface area contributed by atoms with Crippen LogP contribution in [0, 0.1) is 13.8 Å². The van der Waals surface area contributed by atoms with E-state index in [-0.39, 0.29) is 12.6 Å². The van der Waals surface area contributed by atoms with Crippen LogP contribution in [0.4, 0.5) is 0 Å². The molecule has 0 aliphatic heterocycles. The van der Waals surface area contributed by atoms with Crippen LogP contribution in [0.15, 0.2) is 44.4 Å². The lowest BCUT2D eigenvalue weighted by Crippen LogP contribution is -2.42. The molecule has 3 rings (SSSR count). The van der Waals surface area contributed by atoms with Crippen LogP contribution in [0.3, 0.4) is 0 Å². The Morgan fingerprint density at radius 3 is 2.44 bits per heavy atom. The molecule has 0 fully saturated rings. The van der Waals surface area contributed by atoms with Crippen LogP contribution in [0.25, 0.3) is 5.69 Å². The molecule has 1 heterocycles. The summed E-state index contributed by atoms with van der Waals surface area (Å²) in [4.78, 5) is 39.4. The number of nitrogens with one attached hydrogen (secondary N) is 2. The lowest BCUT2D eigenvalue weighted by Gasteiger charge is -2.15. The SMILES string of the molecule is COCC(C)NC(=O)c1nn(-c2cc(C)c(Oc3ccc(OC)c(Br)c3)c(C)c2)c(=O)[nH]c1=O. The van der Waals surface area contributed by atoms with E-state index in [4.69, 9.17) is 14.2 Å². The Morgan fingerprint density at radius 1 is 1.18 bits per heavy atom. The fourth-order valence-corrected chi connectivity index (χ4v) is 3.87. The van der Waals surface area contributed by atoms with E-state index in [2.05, 4.69) is 31.3 Å². The smallest absolute Gasteiger partial charge is 0.349 e. The molecule has 0 bridgehead atoms. The van der Waals surface area contributed by atoms with E-state index >= 15 is 0 Å². The second-order valence-corrected chi connectivity index (χ2v) is 8.51. The third kappa shape index (κ3) is 5.54. The first-order chi connectivity index (χ1) is 16.1. The average molecular weight is 533 g/mol. The number of H-pyrrole nitrogens is 1. The van der Waals surface area contributed by atoms with Crippen LogP contribution in [-0.2, 0) is 4.74 Å². The predicted octanol–water partition coefficient (Wildman–Crippen LogP) is 2.87. The van der Waals surface area contributed by atoms with Gasteiger partial charge in [-0.1, -0.05) is 0 Å². The number of benzene rings is 2. The molecular formula is C23H25BrN4O6. The number of halogens is 1. The maximum absolute atomic E-state index is 12.5. The fraction of sp³-hybridized carbons (Fsp3) is 0.304. The number of methoxy groups -OCH3 is 2. The maximum atomic E-state index is 12.5. The first-order valence-electron chi connectivity index (χ1n) is 10.3. The molecule has 11 heteroatoms. The average Bonchev–Trinajstić information content (AvgIpc) is 2.76. The summed E-state index contributed by atoms with van der Waals surface area (Å²) in [5, 5.41) is 6.64. The summed E-state index contributed by atoms with van der Waals surface area (Å²) in [6, 6.07) is 8.36. The van der Waals surface area contributed by atoms with Crippen molar-refractivity contribution in [2.24, 2.45) is 0 Å². The summed E-state index contributed by atoms with van der Waals surface area (Å²) in [5.41, 5.74) is -0.247. The van der Waals surface area contributed by atoms with Crippen molar-refractivity contribution in [1.29, 1.82) is 0 Å². The van der Waals surface area contributed by atoms with Crippen molar-refractivity contribution in [3.05, 3.63) is 72.5 Å². The summed E-state index contributed by atoms with van der Waals surface area (Å²) in [6.45, 7) is 5.62. The molecule has 2 aromatic carbocycles. The van der Waals surface area contributed by atoms with Gasteiger partial charge in [-0.3, -0.25) is 14.6 Å². The molecule has 0 saturated carbocycles. The molecule has 0 aliphatic rings. The summed E-state index contributed by atoms with van der Waals surface area (Å²) in [6.07, 6.45) is 0. The molecule has 0 radical (unpaired) electrons. The fourth-order valence-electron chi connectivity index (χ4n) is 3.35. The first kappa shape index (κ1) is 25.2. The lowest BCUT2D eigenvalue weighted by atomic mass is 10.1. The highest BCUT2D eigenvalue weighted by Crippen LogP contribution is 2.34. The van der Waals surface area contributed by atoms with Gasteiger partial charge >= 0.3 is 5.69 Å². The van der Waals surface area contributed by atoms with Gasteiger partial charge in [0.15, 0.2) is 0 Å². The number of aryl methyl sites for hydroxylation is 2. The summed E-state index contributed by atoms with van der Waals surface area (Å²) in [5.74, 6) is 1.16. The zero-order valence-corrected chi connectivity index (χ0v) is 21.0. The van der Waals surface area contributed by atoms with Gasteiger partial charge in [0, 0.05) is 13.2 Å². The molecular weight excluding hydrogens is 508 g/mol. The van der Waals surface area contributed by atoms with Crippen LogP contribution in [-0.4, -0.2) is 47.5 Å². The first-order valence-corrected chi connectivity index (χ1v) is 11.1. The molecule has 1 aromatic heterocycles. The third-order valence-electron chi connectivity index (χ3n) is 4.87. The zero-order valence-electron chi connectivity index (χ0n) is 19.4. The van der Waals surface area contributed by atoms with E-state index in [1.54, 1.807) is 44.4 Å². The number of carbonyl (C=O) groups excluding carboxylic acids is 1. The second-order valence-electron chi connectivity index (χ2n) is 7.66. The van der Waals surface area contributed by atoms with E-state index in [9.17, 15) is 14.4 Å². The van der Waals surface area contributed by atoms with Crippen molar-refractivity contribution in [3.63, 3.8) is 0 Å². The van der Waals surface area contributed by atoms with Crippen LogP contribution in [0.1, 0.15) is 28.5 Å². The number of ether oxygens (including phenoxy) is 3. The standard InChI is InChI=1S/C23H25BrN4O6/c1-12-8-15(9-13(2)20(12)34-16-6-7-18(33-5)17(24)10-16)28-23(31)26-22(30)19(27-28)21(29)25-14(3)11-32-4/h6-10,14H,11H2,1-5H3,(H,25,29)(H,26,30,31). The molecule has 3 aromatic rings. The lowest BCUT2D eigenvalue weighted by molar-refractivity contribution is 0.0896. The van der Waals surface area contributed by atoms with E-state index < -0.39 is 22.9 Å². The van der Waals surface area contributed by atoms with Crippen molar-refractivity contribution >= 4 is 21.8 Å². The largest absolute Gasteiger partial charge is 0.496 e. The second kappa shape index (κ2) is 10.7. The van der Waals surface area contributed by atoms with Crippen molar-refractivity contribution in [3.8, 4) is 22.9 Å². The Kier molecular flexibility index (Phi) is 7.90. The molecule has 0 saturated heterocycles. The molecule has 1 amide bonds. The van der Waals surface area contributed by atoms with Crippen molar-refractivity contribution in [1.82, 2.24) is 20.1 Å². The summed E-state index contributed by atoms with van der Waals surface area (Å²) >= 11 is 3.44. The quantitative estimate of drug-likeness (QED) is 0.456. The Bertz CT molecular complexity index is 1310. The summed E-state index contributed by atoms with van der Waals surface area (Å²) < 4.78 is 18.0. The minimum Gasteiger partial charge on any atom is -0.496 e. The number of hydrogen-bond acceptors (Lipinski definition) is 7. The van der Waals surface area contributed by atoms with E-state index in [1.807, 2.05) is 13.8 Å². The minimum absolute atomic E-state index is 0.258. The van der Waals surface area contributed by atoms with Gasteiger partial charge in [0.2, 0.25) is 5.69 Å². The van der Waals surface area contributed by atoms with Crippen LogP contribution in [0.5, 0.6) is 17.2 Å². The molecule has 0 spiro atoms. The van der Waals surface area contributed by atoms with Gasteiger partial charge in [-0.2, -0.15) is 9.78 Å². The van der Waals surface area contributed by atoms with E-state index in [1.165, 1.54) is 7.11 Å². The van der Waals surface area contributed by atoms with Gasteiger partial charge in [0.1, 0.15) is 17.2 Å². The Balaban J connectivity index is 1.96. The van der Waals surface area contributed by atoms with E-state index in [0.717, 1.165) is 20.3 Å². The normalized spacial score (nSPS) is 11.7. The molecule has 0 aliphatic carbocycles.